The minimum Gasteiger partial charge on any atom is -0.282 e. The van der Waals surface area contributed by atoms with Crippen LogP contribution in [0.4, 0.5) is 0 Å². The summed E-state index contributed by atoms with van der Waals surface area (Å²) < 4.78 is 0. The van der Waals surface area contributed by atoms with E-state index in [0.717, 1.165) is 11.1 Å². The molecule has 0 aromatic heterocycles. The summed E-state index contributed by atoms with van der Waals surface area (Å²) in [7, 11) is 0. The lowest BCUT2D eigenvalue weighted by Gasteiger charge is -2.04. The maximum atomic E-state index is 12.2. The fourth-order valence-corrected chi connectivity index (χ4v) is 3.03. The Hall–Kier alpha value is -2.32. The second kappa shape index (κ2) is 7.10. The predicted octanol–water partition coefficient (Wildman–Crippen LogP) is 5.43. The molecule has 0 aliphatic carbocycles. The van der Waals surface area contributed by atoms with Gasteiger partial charge in [-0.25, -0.2) is 0 Å². The van der Waals surface area contributed by atoms with E-state index in [2.05, 4.69) is 12.1 Å². The summed E-state index contributed by atoms with van der Waals surface area (Å²) in [5.41, 5.74) is 4.21. The molecule has 3 aromatic rings. The zero-order chi connectivity index (χ0) is 15.2. The summed E-state index contributed by atoms with van der Waals surface area (Å²) in [6.45, 7) is 0. The fourth-order valence-electron chi connectivity index (χ4n) is 2.24. The predicted molar refractivity (Wildman–Crippen MR) is 93.9 cm³/mol. The number of rotatable bonds is 4. The molecule has 0 spiro atoms. The van der Waals surface area contributed by atoms with Gasteiger partial charge in [-0.3, -0.25) is 4.79 Å². The van der Waals surface area contributed by atoms with Gasteiger partial charge in [0.15, 0.2) is 0 Å². The maximum absolute atomic E-state index is 12.2. The van der Waals surface area contributed by atoms with E-state index in [-0.39, 0.29) is 5.12 Å². The highest BCUT2D eigenvalue weighted by atomic mass is 32.2. The van der Waals surface area contributed by atoms with Crippen LogP contribution in [0.2, 0.25) is 0 Å². The van der Waals surface area contributed by atoms with E-state index in [1.54, 1.807) is 0 Å². The number of carbonyl (C=O) groups is 1. The van der Waals surface area contributed by atoms with Gasteiger partial charge in [0, 0.05) is 11.3 Å². The number of benzene rings is 3. The lowest BCUT2D eigenvalue weighted by atomic mass is 10.0. The van der Waals surface area contributed by atoms with Crippen molar-refractivity contribution in [1.29, 1.82) is 0 Å². The number of thioether (sulfide) groups is 1. The van der Waals surface area contributed by atoms with Gasteiger partial charge in [0.25, 0.3) is 0 Å². The van der Waals surface area contributed by atoms with Gasteiger partial charge in [0.1, 0.15) is 0 Å². The molecule has 108 valence electrons. The molecular weight excluding hydrogens is 288 g/mol. The van der Waals surface area contributed by atoms with Crippen molar-refractivity contribution in [2.75, 3.05) is 0 Å². The quantitative estimate of drug-likeness (QED) is 0.639. The summed E-state index contributed by atoms with van der Waals surface area (Å²) in [5, 5.41) is 0.114. The van der Waals surface area contributed by atoms with Gasteiger partial charge < -0.3 is 0 Å². The zero-order valence-electron chi connectivity index (χ0n) is 12.1. The fraction of sp³-hybridized carbons (Fsp3) is 0.0500. The van der Waals surface area contributed by atoms with Gasteiger partial charge in [-0.15, -0.1) is 0 Å². The monoisotopic (exact) mass is 304 g/mol. The molecule has 0 unspecified atom stereocenters. The van der Waals surface area contributed by atoms with Crippen LogP contribution >= 0.6 is 11.8 Å². The highest BCUT2D eigenvalue weighted by Crippen LogP contribution is 2.22. The summed E-state index contributed by atoms with van der Waals surface area (Å²) in [6.07, 6.45) is 0. The van der Waals surface area contributed by atoms with Gasteiger partial charge in [-0.05, 0) is 28.8 Å². The molecule has 22 heavy (non-hydrogen) atoms. The molecule has 0 N–H and O–H groups in total. The Morgan fingerprint density at radius 2 is 1.23 bits per heavy atom. The normalized spacial score (nSPS) is 10.4. The van der Waals surface area contributed by atoms with Crippen molar-refractivity contribution >= 4 is 16.9 Å². The highest BCUT2D eigenvalue weighted by Gasteiger charge is 2.07. The molecule has 0 bridgehead atoms. The smallest absolute Gasteiger partial charge is 0.219 e. The topological polar surface area (TPSA) is 17.1 Å². The Kier molecular flexibility index (Phi) is 4.71. The number of hydrogen-bond donors (Lipinski definition) is 0. The molecule has 3 aromatic carbocycles. The molecular formula is C20H16OS. The van der Waals surface area contributed by atoms with Crippen LogP contribution in [0, 0.1) is 0 Å². The largest absolute Gasteiger partial charge is 0.282 e. The standard InChI is InChI=1S/C20H16OS/c21-20(22-15-16-7-3-1-4-8-16)19-13-11-18(12-14-19)17-9-5-2-6-10-17/h1-14H,15H2. The molecule has 0 saturated heterocycles. The average Bonchev–Trinajstić information content (AvgIpc) is 2.61. The van der Waals surface area contributed by atoms with Gasteiger partial charge in [0.2, 0.25) is 5.12 Å². The van der Waals surface area contributed by atoms with Crippen LogP contribution in [-0.2, 0) is 5.75 Å². The van der Waals surface area contributed by atoms with Crippen LogP contribution in [0.15, 0.2) is 84.9 Å². The van der Waals surface area contributed by atoms with Crippen molar-refractivity contribution in [1.82, 2.24) is 0 Å². The molecule has 0 heterocycles. The van der Waals surface area contributed by atoms with Crippen molar-refractivity contribution in [3.05, 3.63) is 96.1 Å². The molecule has 3 rings (SSSR count). The van der Waals surface area contributed by atoms with Crippen molar-refractivity contribution in [2.45, 2.75) is 5.75 Å². The molecule has 2 heteroatoms. The van der Waals surface area contributed by atoms with Crippen molar-refractivity contribution < 1.29 is 4.79 Å². The first-order valence-electron chi connectivity index (χ1n) is 7.19. The van der Waals surface area contributed by atoms with E-state index in [1.807, 2.05) is 72.8 Å². The zero-order valence-corrected chi connectivity index (χ0v) is 12.9. The van der Waals surface area contributed by atoms with Gasteiger partial charge in [-0.1, -0.05) is 84.6 Å². The Balaban J connectivity index is 1.66. The minimum absolute atomic E-state index is 0.114. The summed E-state index contributed by atoms with van der Waals surface area (Å²) in [4.78, 5) is 12.2. The molecule has 0 atom stereocenters. The van der Waals surface area contributed by atoms with Crippen LogP contribution in [0.1, 0.15) is 15.9 Å². The van der Waals surface area contributed by atoms with Crippen molar-refractivity contribution in [2.24, 2.45) is 0 Å². The summed E-state index contributed by atoms with van der Waals surface area (Å²) in [6, 6.07) is 28.1. The number of carbonyl (C=O) groups excluding carboxylic acids is 1. The minimum atomic E-state index is 0.114. The second-order valence-electron chi connectivity index (χ2n) is 5.01. The molecule has 0 aliphatic rings. The summed E-state index contributed by atoms with van der Waals surface area (Å²) in [5.74, 6) is 0.708. The number of hydrogen-bond acceptors (Lipinski definition) is 2. The Labute approximate surface area is 135 Å². The first-order valence-corrected chi connectivity index (χ1v) is 8.18. The van der Waals surface area contributed by atoms with E-state index in [1.165, 1.54) is 22.9 Å². The Morgan fingerprint density at radius 3 is 1.86 bits per heavy atom. The third-order valence-corrected chi connectivity index (χ3v) is 4.42. The van der Waals surface area contributed by atoms with Crippen LogP contribution in [-0.4, -0.2) is 5.12 Å². The third kappa shape index (κ3) is 3.66. The van der Waals surface area contributed by atoms with E-state index in [4.69, 9.17) is 0 Å². The van der Waals surface area contributed by atoms with Crippen LogP contribution in [0.5, 0.6) is 0 Å². The molecule has 1 nitrogen and oxygen atoms in total. The van der Waals surface area contributed by atoms with Gasteiger partial charge >= 0.3 is 0 Å². The SMILES string of the molecule is O=C(SCc1ccccc1)c1ccc(-c2ccccc2)cc1. The third-order valence-electron chi connectivity index (χ3n) is 3.44. The maximum Gasteiger partial charge on any atom is 0.219 e. The van der Waals surface area contributed by atoms with E-state index in [9.17, 15) is 4.79 Å². The van der Waals surface area contributed by atoms with E-state index >= 15 is 0 Å². The van der Waals surface area contributed by atoms with Crippen LogP contribution < -0.4 is 0 Å². The first-order chi connectivity index (χ1) is 10.8. The van der Waals surface area contributed by atoms with E-state index in [0.29, 0.717) is 5.75 Å². The van der Waals surface area contributed by atoms with Crippen molar-refractivity contribution in [3.63, 3.8) is 0 Å². The first kappa shape index (κ1) is 14.6. The highest BCUT2D eigenvalue weighted by molar-refractivity contribution is 8.13. The van der Waals surface area contributed by atoms with E-state index < -0.39 is 0 Å². The molecule has 0 saturated carbocycles. The molecule has 0 aliphatic heterocycles. The van der Waals surface area contributed by atoms with Crippen molar-refractivity contribution in [3.8, 4) is 11.1 Å². The second-order valence-corrected chi connectivity index (χ2v) is 5.95. The van der Waals surface area contributed by atoms with Crippen LogP contribution in [0.25, 0.3) is 11.1 Å². The molecule has 0 fully saturated rings. The lowest BCUT2D eigenvalue weighted by Crippen LogP contribution is -1.94. The van der Waals surface area contributed by atoms with Gasteiger partial charge in [-0.2, -0.15) is 0 Å². The Bertz CT molecular complexity index is 734. The molecule has 0 radical (unpaired) electrons. The van der Waals surface area contributed by atoms with Gasteiger partial charge in [0.05, 0.1) is 0 Å². The lowest BCUT2D eigenvalue weighted by molar-refractivity contribution is 0.108. The van der Waals surface area contributed by atoms with Crippen LogP contribution in [0.3, 0.4) is 0 Å². The average molecular weight is 304 g/mol. The Morgan fingerprint density at radius 1 is 0.682 bits per heavy atom. The molecule has 0 amide bonds. The summed E-state index contributed by atoms with van der Waals surface area (Å²) >= 11 is 1.35.